The largest absolute Gasteiger partial charge is 0.372 e. The second-order valence-electron chi connectivity index (χ2n) is 5.26. The summed E-state index contributed by atoms with van der Waals surface area (Å²) in [4.78, 5) is 6.65. The number of nitrogens with one attached hydrogen (secondary N) is 1. The third-order valence-electron chi connectivity index (χ3n) is 3.75. The molecule has 2 aromatic rings. The summed E-state index contributed by atoms with van der Waals surface area (Å²) in [5.74, 6) is 0.694. The molecule has 0 amide bonds. The maximum atomic E-state index is 8.90. The Morgan fingerprint density at radius 3 is 2.52 bits per heavy atom. The molecule has 0 unspecified atom stereocenters. The van der Waals surface area contributed by atoms with Crippen molar-refractivity contribution in [1.29, 1.82) is 5.26 Å². The Morgan fingerprint density at radius 2 is 1.81 bits per heavy atom. The highest BCUT2D eigenvalue weighted by molar-refractivity contribution is 5.61. The van der Waals surface area contributed by atoms with E-state index in [2.05, 4.69) is 45.5 Å². The first kappa shape index (κ1) is 13.4. The van der Waals surface area contributed by atoms with Crippen LogP contribution in [0.2, 0.25) is 0 Å². The molecule has 2 heterocycles. The Labute approximate surface area is 125 Å². The number of piperidine rings is 1. The monoisotopic (exact) mass is 278 g/mol. The molecule has 1 aromatic heterocycles. The maximum Gasteiger partial charge on any atom is 0.131 e. The first-order valence-electron chi connectivity index (χ1n) is 7.33. The van der Waals surface area contributed by atoms with Gasteiger partial charge in [-0.1, -0.05) is 0 Å². The molecule has 21 heavy (non-hydrogen) atoms. The summed E-state index contributed by atoms with van der Waals surface area (Å²) in [6, 6.07) is 14.0. The van der Waals surface area contributed by atoms with E-state index in [-0.39, 0.29) is 0 Å². The number of hydrogen-bond donors (Lipinski definition) is 1. The zero-order chi connectivity index (χ0) is 14.5. The Kier molecular flexibility index (Phi) is 4.02. The summed E-state index contributed by atoms with van der Waals surface area (Å²) < 4.78 is 0. The van der Waals surface area contributed by atoms with E-state index in [4.69, 9.17) is 5.26 Å². The van der Waals surface area contributed by atoms with E-state index in [1.165, 1.54) is 24.9 Å². The fourth-order valence-electron chi connectivity index (χ4n) is 2.62. The van der Waals surface area contributed by atoms with Crippen LogP contribution in [0.1, 0.15) is 24.8 Å². The van der Waals surface area contributed by atoms with E-state index in [9.17, 15) is 0 Å². The molecule has 0 aliphatic carbocycles. The lowest BCUT2D eigenvalue weighted by atomic mass is 10.1. The number of hydrogen-bond acceptors (Lipinski definition) is 4. The molecule has 3 rings (SSSR count). The molecule has 1 aromatic carbocycles. The summed E-state index contributed by atoms with van der Waals surface area (Å²) in [5, 5.41) is 12.1. The number of pyridine rings is 1. The van der Waals surface area contributed by atoms with E-state index >= 15 is 0 Å². The van der Waals surface area contributed by atoms with E-state index in [1.807, 2.05) is 0 Å². The predicted molar refractivity (Wildman–Crippen MR) is 84.7 cm³/mol. The van der Waals surface area contributed by atoms with Crippen LogP contribution in [0, 0.1) is 11.3 Å². The molecule has 1 aliphatic rings. The third kappa shape index (κ3) is 3.32. The standard InChI is InChI=1S/C17H18N4/c18-13-14-8-9-19-17(12-14)20-15-4-6-16(7-5-15)21-10-2-1-3-11-21/h4-9,12H,1-3,10-11H2,(H,19,20). The first-order valence-corrected chi connectivity index (χ1v) is 7.33. The van der Waals surface area contributed by atoms with Crippen LogP contribution in [0.5, 0.6) is 0 Å². The molecule has 0 spiro atoms. The minimum atomic E-state index is 0.609. The van der Waals surface area contributed by atoms with Gasteiger partial charge in [-0.15, -0.1) is 0 Å². The minimum absolute atomic E-state index is 0.609. The number of nitriles is 1. The van der Waals surface area contributed by atoms with Gasteiger partial charge in [-0.25, -0.2) is 4.98 Å². The molecule has 0 radical (unpaired) electrons. The highest BCUT2D eigenvalue weighted by Crippen LogP contribution is 2.23. The van der Waals surface area contributed by atoms with E-state index in [0.717, 1.165) is 18.8 Å². The SMILES string of the molecule is N#Cc1ccnc(Nc2ccc(N3CCCCC3)cc2)c1. The van der Waals surface area contributed by atoms with Crippen molar-refractivity contribution in [3.8, 4) is 6.07 Å². The molecule has 1 saturated heterocycles. The van der Waals surface area contributed by atoms with Crippen molar-refractivity contribution in [3.05, 3.63) is 48.2 Å². The number of nitrogens with zero attached hydrogens (tertiary/aromatic N) is 3. The number of aromatic nitrogens is 1. The summed E-state index contributed by atoms with van der Waals surface area (Å²) in [7, 11) is 0. The van der Waals surface area contributed by atoms with Crippen molar-refractivity contribution in [1.82, 2.24) is 4.98 Å². The second-order valence-corrected chi connectivity index (χ2v) is 5.26. The summed E-state index contributed by atoms with van der Waals surface area (Å²) in [6.45, 7) is 2.30. The normalized spacial score (nSPS) is 14.5. The third-order valence-corrected chi connectivity index (χ3v) is 3.75. The number of rotatable bonds is 3. The van der Waals surface area contributed by atoms with Gasteiger partial charge in [0.05, 0.1) is 11.6 Å². The van der Waals surface area contributed by atoms with Gasteiger partial charge in [-0.2, -0.15) is 5.26 Å². The molecule has 4 heteroatoms. The smallest absolute Gasteiger partial charge is 0.131 e. The molecule has 0 atom stereocenters. The lowest BCUT2D eigenvalue weighted by Gasteiger charge is -2.28. The van der Waals surface area contributed by atoms with E-state index in [0.29, 0.717) is 11.4 Å². The van der Waals surface area contributed by atoms with Crippen LogP contribution in [0.3, 0.4) is 0 Å². The lowest BCUT2D eigenvalue weighted by molar-refractivity contribution is 0.578. The highest BCUT2D eigenvalue weighted by Gasteiger charge is 2.10. The van der Waals surface area contributed by atoms with Crippen molar-refractivity contribution < 1.29 is 0 Å². The van der Waals surface area contributed by atoms with Gasteiger partial charge in [0.15, 0.2) is 0 Å². The van der Waals surface area contributed by atoms with Crippen molar-refractivity contribution in [2.75, 3.05) is 23.3 Å². The molecule has 1 aliphatic heterocycles. The number of benzene rings is 1. The van der Waals surface area contributed by atoms with Crippen molar-refractivity contribution >= 4 is 17.2 Å². The molecular formula is C17H18N4. The van der Waals surface area contributed by atoms with Gasteiger partial charge in [-0.3, -0.25) is 0 Å². The van der Waals surface area contributed by atoms with Crippen molar-refractivity contribution in [2.24, 2.45) is 0 Å². The fraction of sp³-hybridized carbons (Fsp3) is 0.294. The molecular weight excluding hydrogens is 260 g/mol. The van der Waals surface area contributed by atoms with Gasteiger partial charge in [-0.05, 0) is 55.7 Å². The minimum Gasteiger partial charge on any atom is -0.372 e. The van der Waals surface area contributed by atoms with Crippen LogP contribution in [-0.4, -0.2) is 18.1 Å². The van der Waals surface area contributed by atoms with Crippen LogP contribution >= 0.6 is 0 Å². The molecule has 1 N–H and O–H groups in total. The van der Waals surface area contributed by atoms with E-state index in [1.54, 1.807) is 18.3 Å². The Morgan fingerprint density at radius 1 is 1.05 bits per heavy atom. The fourth-order valence-corrected chi connectivity index (χ4v) is 2.62. The average molecular weight is 278 g/mol. The quantitative estimate of drug-likeness (QED) is 0.930. The van der Waals surface area contributed by atoms with Gasteiger partial charge in [0.2, 0.25) is 0 Å². The van der Waals surface area contributed by atoms with Gasteiger partial charge in [0.25, 0.3) is 0 Å². The summed E-state index contributed by atoms with van der Waals surface area (Å²) >= 11 is 0. The lowest BCUT2D eigenvalue weighted by Crippen LogP contribution is -2.29. The van der Waals surface area contributed by atoms with Crippen LogP contribution in [0.4, 0.5) is 17.2 Å². The van der Waals surface area contributed by atoms with Crippen LogP contribution in [0.25, 0.3) is 0 Å². The van der Waals surface area contributed by atoms with Gasteiger partial charge >= 0.3 is 0 Å². The average Bonchev–Trinajstić information content (AvgIpc) is 2.56. The molecule has 0 saturated carbocycles. The predicted octanol–water partition coefficient (Wildman–Crippen LogP) is 3.69. The molecule has 1 fully saturated rings. The zero-order valence-corrected chi connectivity index (χ0v) is 11.9. The highest BCUT2D eigenvalue weighted by atomic mass is 15.1. The van der Waals surface area contributed by atoms with E-state index < -0.39 is 0 Å². The zero-order valence-electron chi connectivity index (χ0n) is 11.9. The van der Waals surface area contributed by atoms with Crippen LogP contribution in [-0.2, 0) is 0 Å². The summed E-state index contributed by atoms with van der Waals surface area (Å²) in [5.41, 5.74) is 2.87. The van der Waals surface area contributed by atoms with Gasteiger partial charge in [0.1, 0.15) is 5.82 Å². The molecule has 4 nitrogen and oxygen atoms in total. The van der Waals surface area contributed by atoms with Crippen LogP contribution in [0.15, 0.2) is 42.6 Å². The Balaban J connectivity index is 1.70. The maximum absolute atomic E-state index is 8.90. The first-order chi connectivity index (χ1) is 10.3. The van der Waals surface area contributed by atoms with Crippen LogP contribution < -0.4 is 10.2 Å². The van der Waals surface area contributed by atoms with Crippen molar-refractivity contribution in [2.45, 2.75) is 19.3 Å². The van der Waals surface area contributed by atoms with Gasteiger partial charge in [0, 0.05) is 30.7 Å². The van der Waals surface area contributed by atoms with Crippen molar-refractivity contribution in [3.63, 3.8) is 0 Å². The van der Waals surface area contributed by atoms with Gasteiger partial charge < -0.3 is 10.2 Å². The Hall–Kier alpha value is -2.54. The Bertz CT molecular complexity index is 637. The summed E-state index contributed by atoms with van der Waals surface area (Å²) in [6.07, 6.45) is 5.55. The molecule has 106 valence electrons. The second kappa shape index (κ2) is 6.27. The molecule has 0 bridgehead atoms. The topological polar surface area (TPSA) is 52.0 Å². The number of anilines is 3.